The van der Waals surface area contributed by atoms with Crippen LogP contribution in [0.5, 0.6) is 0 Å². The van der Waals surface area contributed by atoms with Gasteiger partial charge in [-0.15, -0.1) is 11.8 Å². The topological polar surface area (TPSA) is 52.9 Å². The minimum absolute atomic E-state index is 0.0798. The lowest BCUT2D eigenvalue weighted by atomic mass is 9.98. The first-order valence-electron chi connectivity index (χ1n) is 6.14. The van der Waals surface area contributed by atoms with E-state index in [0.29, 0.717) is 11.7 Å². The van der Waals surface area contributed by atoms with E-state index in [-0.39, 0.29) is 5.91 Å². The number of amides is 1. The van der Waals surface area contributed by atoms with Crippen molar-refractivity contribution in [1.29, 1.82) is 5.26 Å². The van der Waals surface area contributed by atoms with Gasteiger partial charge in [0.05, 0.1) is 11.8 Å². The Hall–Kier alpha value is -0.990. The first kappa shape index (κ1) is 14.4. The lowest BCUT2D eigenvalue weighted by molar-refractivity contribution is -0.119. The lowest BCUT2D eigenvalue weighted by Crippen LogP contribution is -2.47. The summed E-state index contributed by atoms with van der Waals surface area (Å²) in [5.74, 6) is 0.578. The Morgan fingerprint density at radius 2 is 2.16 bits per heavy atom. The van der Waals surface area contributed by atoms with Gasteiger partial charge in [0.1, 0.15) is 5.54 Å². The van der Waals surface area contributed by atoms with E-state index in [4.69, 9.17) is 0 Å². The molecule has 1 amide bonds. The molecule has 3 nitrogen and oxygen atoms in total. The number of nitrogens with zero attached hydrogens (tertiary/aromatic N) is 1. The fourth-order valence-electron chi connectivity index (χ4n) is 1.89. The average molecular weight is 339 g/mol. The molecule has 1 aliphatic carbocycles. The zero-order chi connectivity index (χ0) is 13.9. The van der Waals surface area contributed by atoms with Crippen molar-refractivity contribution in [3.05, 3.63) is 28.7 Å². The number of thioether (sulfide) groups is 1. The standard InChI is InChI=1S/C14H15BrN2OS/c1-14(9-16,10-2-3-10)17-13(18)8-19-12-6-4-11(15)5-7-12/h4-7,10H,2-3,8H2,1H3,(H,17,18)/t14-/m0/s1. The summed E-state index contributed by atoms with van der Waals surface area (Å²) in [5, 5.41) is 12.0. The predicted octanol–water partition coefficient (Wildman–Crippen LogP) is 3.35. The van der Waals surface area contributed by atoms with Gasteiger partial charge in [-0.2, -0.15) is 5.26 Å². The van der Waals surface area contributed by atoms with Gasteiger partial charge in [-0.25, -0.2) is 0 Å². The molecular formula is C14H15BrN2OS. The van der Waals surface area contributed by atoms with Crippen molar-refractivity contribution in [2.75, 3.05) is 5.75 Å². The maximum absolute atomic E-state index is 11.9. The van der Waals surface area contributed by atoms with Crippen molar-refractivity contribution < 1.29 is 4.79 Å². The van der Waals surface area contributed by atoms with Gasteiger partial charge in [0.2, 0.25) is 5.91 Å². The third kappa shape index (κ3) is 3.99. The molecule has 0 aromatic heterocycles. The molecule has 0 radical (unpaired) electrons. The van der Waals surface area contributed by atoms with Crippen LogP contribution < -0.4 is 5.32 Å². The summed E-state index contributed by atoms with van der Waals surface area (Å²) in [5.41, 5.74) is -0.697. The van der Waals surface area contributed by atoms with E-state index in [1.165, 1.54) is 11.8 Å². The maximum Gasteiger partial charge on any atom is 0.231 e. The van der Waals surface area contributed by atoms with Gasteiger partial charge in [0.25, 0.3) is 0 Å². The van der Waals surface area contributed by atoms with E-state index < -0.39 is 5.54 Å². The summed E-state index contributed by atoms with van der Waals surface area (Å²) in [6.45, 7) is 1.81. The summed E-state index contributed by atoms with van der Waals surface area (Å²) in [7, 11) is 0. The zero-order valence-corrected chi connectivity index (χ0v) is 13.1. The summed E-state index contributed by atoms with van der Waals surface area (Å²) in [6.07, 6.45) is 2.06. The number of halogens is 1. The second-order valence-corrected chi connectivity index (χ2v) is 6.84. The number of nitriles is 1. The molecule has 0 aliphatic heterocycles. The largest absolute Gasteiger partial charge is 0.337 e. The molecule has 0 heterocycles. The SMILES string of the molecule is C[C@@](C#N)(NC(=O)CSc1ccc(Br)cc1)C1CC1. The smallest absolute Gasteiger partial charge is 0.231 e. The van der Waals surface area contributed by atoms with Crippen LogP contribution in [0.3, 0.4) is 0 Å². The number of carbonyl (C=O) groups excluding carboxylic acids is 1. The van der Waals surface area contributed by atoms with Crippen LogP contribution in [0.25, 0.3) is 0 Å². The van der Waals surface area contributed by atoms with E-state index >= 15 is 0 Å². The Labute approximate surface area is 125 Å². The van der Waals surface area contributed by atoms with E-state index in [1.807, 2.05) is 31.2 Å². The quantitative estimate of drug-likeness (QED) is 0.837. The molecule has 1 aromatic carbocycles. The van der Waals surface area contributed by atoms with Gasteiger partial charge in [-0.1, -0.05) is 15.9 Å². The van der Waals surface area contributed by atoms with Gasteiger partial charge in [0.15, 0.2) is 0 Å². The summed E-state index contributed by atoms with van der Waals surface area (Å²) < 4.78 is 1.02. The Morgan fingerprint density at radius 1 is 1.53 bits per heavy atom. The molecule has 2 rings (SSSR count). The minimum Gasteiger partial charge on any atom is -0.337 e. The van der Waals surface area contributed by atoms with Crippen molar-refractivity contribution in [3.63, 3.8) is 0 Å². The minimum atomic E-state index is -0.697. The second kappa shape index (κ2) is 5.98. The number of rotatable bonds is 5. The van der Waals surface area contributed by atoms with Crippen molar-refractivity contribution in [2.24, 2.45) is 5.92 Å². The first-order chi connectivity index (χ1) is 9.03. The van der Waals surface area contributed by atoms with Crippen molar-refractivity contribution in [1.82, 2.24) is 5.32 Å². The third-order valence-electron chi connectivity index (χ3n) is 3.21. The molecule has 1 aliphatic rings. The highest BCUT2D eigenvalue weighted by Gasteiger charge is 2.42. The molecule has 0 unspecified atom stereocenters. The number of nitrogens with one attached hydrogen (secondary N) is 1. The molecule has 1 aromatic rings. The van der Waals surface area contributed by atoms with Gasteiger partial charge >= 0.3 is 0 Å². The van der Waals surface area contributed by atoms with Crippen LogP contribution in [0.4, 0.5) is 0 Å². The Kier molecular flexibility index (Phi) is 4.54. The number of carbonyl (C=O) groups is 1. The molecule has 0 spiro atoms. The summed E-state index contributed by atoms with van der Waals surface area (Å²) in [4.78, 5) is 12.9. The van der Waals surface area contributed by atoms with Crippen LogP contribution in [0.2, 0.25) is 0 Å². The van der Waals surface area contributed by atoms with Crippen LogP contribution in [0.15, 0.2) is 33.6 Å². The highest BCUT2D eigenvalue weighted by molar-refractivity contribution is 9.10. The molecule has 5 heteroatoms. The molecule has 1 atom stereocenters. The molecule has 1 saturated carbocycles. The molecule has 0 bridgehead atoms. The van der Waals surface area contributed by atoms with Gasteiger partial charge in [-0.3, -0.25) is 4.79 Å². The van der Waals surface area contributed by atoms with Gasteiger partial charge in [-0.05, 0) is 49.9 Å². The second-order valence-electron chi connectivity index (χ2n) is 4.88. The Morgan fingerprint density at radius 3 is 2.68 bits per heavy atom. The lowest BCUT2D eigenvalue weighted by Gasteiger charge is -2.22. The van der Waals surface area contributed by atoms with E-state index in [9.17, 15) is 10.1 Å². The fraction of sp³-hybridized carbons (Fsp3) is 0.429. The van der Waals surface area contributed by atoms with Crippen LogP contribution in [0, 0.1) is 17.2 Å². The number of hydrogen-bond acceptors (Lipinski definition) is 3. The molecular weight excluding hydrogens is 324 g/mol. The van der Waals surface area contributed by atoms with Crippen LogP contribution >= 0.6 is 27.7 Å². The Bertz CT molecular complexity index is 507. The fourth-order valence-corrected chi connectivity index (χ4v) is 2.85. The first-order valence-corrected chi connectivity index (χ1v) is 7.92. The molecule has 0 saturated heterocycles. The molecule has 100 valence electrons. The molecule has 1 N–H and O–H groups in total. The highest BCUT2D eigenvalue weighted by Crippen LogP contribution is 2.39. The maximum atomic E-state index is 11.9. The number of hydrogen-bond donors (Lipinski definition) is 1. The zero-order valence-electron chi connectivity index (χ0n) is 10.6. The normalized spacial score (nSPS) is 17.3. The van der Waals surface area contributed by atoms with Gasteiger partial charge in [0, 0.05) is 9.37 Å². The number of benzene rings is 1. The average Bonchev–Trinajstić information content (AvgIpc) is 3.22. The van der Waals surface area contributed by atoms with E-state index in [2.05, 4.69) is 27.3 Å². The predicted molar refractivity (Wildman–Crippen MR) is 79.8 cm³/mol. The van der Waals surface area contributed by atoms with Crippen LogP contribution in [-0.2, 0) is 4.79 Å². The van der Waals surface area contributed by atoms with E-state index in [0.717, 1.165) is 22.2 Å². The van der Waals surface area contributed by atoms with Crippen molar-refractivity contribution >= 4 is 33.6 Å². The summed E-state index contributed by atoms with van der Waals surface area (Å²) >= 11 is 4.85. The van der Waals surface area contributed by atoms with Crippen molar-refractivity contribution in [3.8, 4) is 6.07 Å². The Balaban J connectivity index is 1.84. The third-order valence-corrected chi connectivity index (χ3v) is 4.75. The monoisotopic (exact) mass is 338 g/mol. The molecule has 19 heavy (non-hydrogen) atoms. The van der Waals surface area contributed by atoms with Crippen molar-refractivity contribution in [2.45, 2.75) is 30.2 Å². The van der Waals surface area contributed by atoms with Gasteiger partial charge < -0.3 is 5.32 Å². The molecule has 1 fully saturated rings. The highest BCUT2D eigenvalue weighted by atomic mass is 79.9. The van der Waals surface area contributed by atoms with Crippen LogP contribution in [-0.4, -0.2) is 17.2 Å². The van der Waals surface area contributed by atoms with Crippen LogP contribution in [0.1, 0.15) is 19.8 Å². The summed E-state index contributed by atoms with van der Waals surface area (Å²) in [6, 6.07) is 10.1. The van der Waals surface area contributed by atoms with E-state index in [1.54, 1.807) is 0 Å².